The molecule has 0 aromatic carbocycles. The maximum Gasteiger partial charge on any atom is 0.0646 e. The fourth-order valence-corrected chi connectivity index (χ4v) is 2.88. The topological polar surface area (TPSA) is 20.2 Å². The van der Waals surface area contributed by atoms with Gasteiger partial charge in [-0.1, -0.05) is 90.2 Å². The van der Waals surface area contributed by atoms with Gasteiger partial charge < -0.3 is 5.11 Å². The van der Waals surface area contributed by atoms with Gasteiger partial charge in [0.15, 0.2) is 0 Å². The Bertz CT molecular complexity index is 255. The molecule has 0 aliphatic rings. The highest BCUT2D eigenvalue weighted by molar-refractivity contribution is 4.81. The molecule has 1 unspecified atom stereocenters. The second-order valence-corrected chi connectivity index (χ2v) is 7.27. The molecular weight excluding hydrogens is 280 g/mol. The van der Waals surface area contributed by atoms with Crippen molar-refractivity contribution in [2.24, 2.45) is 0 Å². The molecule has 1 nitrogen and oxygen atoms in total. The van der Waals surface area contributed by atoms with Crippen molar-refractivity contribution in [2.45, 2.75) is 122 Å². The lowest BCUT2D eigenvalue weighted by Crippen LogP contribution is -2.22. The standard InChI is InChI=1S/C22H43O/c1-4-6-7-8-9-10-11-12-13-14-15-16-17-18-19-20-21-22(3,23)5-2/h12-13,23H,3-11,14-21H2,1-2H3/b13-12-. The van der Waals surface area contributed by atoms with Crippen LogP contribution in [-0.4, -0.2) is 10.7 Å². The maximum atomic E-state index is 9.82. The summed E-state index contributed by atoms with van der Waals surface area (Å²) in [4.78, 5) is 0. The number of rotatable bonds is 17. The van der Waals surface area contributed by atoms with E-state index in [2.05, 4.69) is 26.0 Å². The average Bonchev–Trinajstić information content (AvgIpc) is 2.54. The normalized spacial score (nSPS) is 14.4. The summed E-state index contributed by atoms with van der Waals surface area (Å²) in [6.45, 7) is 8.13. The summed E-state index contributed by atoms with van der Waals surface area (Å²) in [5.74, 6) is 0. The summed E-state index contributed by atoms with van der Waals surface area (Å²) in [5.41, 5.74) is -0.680. The van der Waals surface area contributed by atoms with E-state index in [0.717, 1.165) is 19.3 Å². The number of hydrogen-bond donors (Lipinski definition) is 1. The minimum absolute atomic E-state index is 0.680. The molecule has 1 N–H and O–H groups in total. The molecule has 0 fully saturated rings. The fourth-order valence-electron chi connectivity index (χ4n) is 2.88. The maximum absolute atomic E-state index is 9.82. The molecule has 0 heterocycles. The van der Waals surface area contributed by atoms with Crippen molar-refractivity contribution in [3.05, 3.63) is 19.1 Å². The van der Waals surface area contributed by atoms with Crippen LogP contribution in [0.2, 0.25) is 0 Å². The van der Waals surface area contributed by atoms with E-state index in [1.807, 2.05) is 6.92 Å². The van der Waals surface area contributed by atoms with Crippen LogP contribution in [0.4, 0.5) is 0 Å². The van der Waals surface area contributed by atoms with Crippen LogP contribution in [0.3, 0.4) is 0 Å². The molecule has 0 bridgehead atoms. The van der Waals surface area contributed by atoms with Crippen LogP contribution in [0.25, 0.3) is 0 Å². The SMILES string of the molecule is [CH2]C(O)(CC)CCCCCCCC/C=C\CCCCCCCC. The molecule has 0 spiro atoms. The Morgan fingerprint density at radius 3 is 1.61 bits per heavy atom. The minimum Gasteiger partial charge on any atom is -0.390 e. The highest BCUT2D eigenvalue weighted by atomic mass is 16.3. The summed E-state index contributed by atoms with van der Waals surface area (Å²) in [5, 5.41) is 9.82. The van der Waals surface area contributed by atoms with Crippen LogP contribution in [0.1, 0.15) is 117 Å². The minimum atomic E-state index is -0.680. The van der Waals surface area contributed by atoms with Gasteiger partial charge in [0.1, 0.15) is 0 Å². The lowest BCUT2D eigenvalue weighted by atomic mass is 9.95. The number of unbranched alkanes of at least 4 members (excludes halogenated alkanes) is 12. The van der Waals surface area contributed by atoms with Crippen molar-refractivity contribution >= 4 is 0 Å². The lowest BCUT2D eigenvalue weighted by molar-refractivity contribution is 0.0714. The van der Waals surface area contributed by atoms with Crippen LogP contribution >= 0.6 is 0 Å². The first-order valence-electron chi connectivity index (χ1n) is 10.3. The Kier molecular flexibility index (Phi) is 16.3. The largest absolute Gasteiger partial charge is 0.390 e. The van der Waals surface area contributed by atoms with Crippen molar-refractivity contribution in [3.8, 4) is 0 Å². The van der Waals surface area contributed by atoms with E-state index in [4.69, 9.17) is 0 Å². The summed E-state index contributed by atoms with van der Waals surface area (Å²) in [7, 11) is 0. The highest BCUT2D eigenvalue weighted by Crippen LogP contribution is 2.18. The number of hydrogen-bond acceptors (Lipinski definition) is 1. The van der Waals surface area contributed by atoms with Gasteiger partial charge in [0.25, 0.3) is 0 Å². The molecule has 0 saturated heterocycles. The van der Waals surface area contributed by atoms with Crippen molar-refractivity contribution in [1.29, 1.82) is 0 Å². The Hall–Kier alpha value is -0.300. The Labute approximate surface area is 147 Å². The van der Waals surface area contributed by atoms with Crippen LogP contribution in [0.5, 0.6) is 0 Å². The van der Waals surface area contributed by atoms with E-state index < -0.39 is 5.60 Å². The molecule has 0 aromatic rings. The quantitative estimate of drug-likeness (QED) is 0.218. The molecule has 0 saturated carbocycles. The van der Waals surface area contributed by atoms with Gasteiger partial charge in [-0.3, -0.25) is 0 Å². The third-order valence-corrected chi connectivity index (χ3v) is 4.81. The van der Waals surface area contributed by atoms with Crippen LogP contribution in [-0.2, 0) is 0 Å². The van der Waals surface area contributed by atoms with Crippen LogP contribution in [0, 0.1) is 6.92 Å². The van der Waals surface area contributed by atoms with Gasteiger partial charge in [-0.05, 0) is 45.4 Å². The summed E-state index contributed by atoms with van der Waals surface area (Å²) in [6, 6.07) is 0. The first-order valence-corrected chi connectivity index (χ1v) is 10.3. The molecule has 0 aromatic heterocycles. The molecule has 0 rings (SSSR count). The third kappa shape index (κ3) is 17.9. The van der Waals surface area contributed by atoms with Gasteiger partial charge in [0.05, 0.1) is 5.60 Å². The van der Waals surface area contributed by atoms with E-state index in [0.29, 0.717) is 0 Å². The molecule has 137 valence electrons. The van der Waals surface area contributed by atoms with Gasteiger partial charge in [-0.25, -0.2) is 0 Å². The van der Waals surface area contributed by atoms with Crippen molar-refractivity contribution in [2.75, 3.05) is 0 Å². The van der Waals surface area contributed by atoms with E-state index in [1.165, 1.54) is 83.5 Å². The smallest absolute Gasteiger partial charge is 0.0646 e. The zero-order valence-corrected chi connectivity index (χ0v) is 16.1. The third-order valence-electron chi connectivity index (χ3n) is 4.81. The Morgan fingerprint density at radius 1 is 0.696 bits per heavy atom. The molecule has 23 heavy (non-hydrogen) atoms. The van der Waals surface area contributed by atoms with Gasteiger partial charge >= 0.3 is 0 Å². The van der Waals surface area contributed by atoms with E-state index in [-0.39, 0.29) is 0 Å². The Morgan fingerprint density at radius 2 is 1.13 bits per heavy atom. The molecular formula is C22H43O. The molecule has 0 amide bonds. The van der Waals surface area contributed by atoms with Crippen molar-refractivity contribution in [1.82, 2.24) is 0 Å². The second-order valence-electron chi connectivity index (χ2n) is 7.27. The first kappa shape index (κ1) is 22.7. The van der Waals surface area contributed by atoms with Crippen molar-refractivity contribution < 1.29 is 5.11 Å². The number of aliphatic hydroxyl groups is 1. The van der Waals surface area contributed by atoms with Gasteiger partial charge in [-0.2, -0.15) is 0 Å². The molecule has 1 radical (unpaired) electrons. The fraction of sp³-hybridized carbons (Fsp3) is 0.864. The highest BCUT2D eigenvalue weighted by Gasteiger charge is 2.16. The van der Waals surface area contributed by atoms with E-state index >= 15 is 0 Å². The summed E-state index contributed by atoms with van der Waals surface area (Å²) in [6.07, 6.45) is 25.0. The van der Waals surface area contributed by atoms with Gasteiger partial charge in [0.2, 0.25) is 0 Å². The monoisotopic (exact) mass is 323 g/mol. The molecule has 0 aliphatic heterocycles. The van der Waals surface area contributed by atoms with Gasteiger partial charge in [0, 0.05) is 0 Å². The van der Waals surface area contributed by atoms with E-state index in [9.17, 15) is 5.11 Å². The summed E-state index contributed by atoms with van der Waals surface area (Å²) < 4.78 is 0. The summed E-state index contributed by atoms with van der Waals surface area (Å²) >= 11 is 0. The predicted octanol–water partition coefficient (Wildman–Crippen LogP) is 7.39. The second kappa shape index (κ2) is 16.6. The number of allylic oxidation sites excluding steroid dienone is 2. The Balaban J connectivity index is 3.16. The van der Waals surface area contributed by atoms with Crippen LogP contribution in [0.15, 0.2) is 12.2 Å². The van der Waals surface area contributed by atoms with Crippen molar-refractivity contribution in [3.63, 3.8) is 0 Å². The molecule has 1 heteroatoms. The first-order chi connectivity index (χ1) is 11.1. The average molecular weight is 324 g/mol. The van der Waals surface area contributed by atoms with E-state index in [1.54, 1.807) is 0 Å². The zero-order valence-electron chi connectivity index (χ0n) is 16.1. The zero-order chi connectivity index (χ0) is 17.2. The predicted molar refractivity (Wildman–Crippen MR) is 105 cm³/mol. The lowest BCUT2D eigenvalue weighted by Gasteiger charge is -2.20. The van der Waals surface area contributed by atoms with Gasteiger partial charge in [-0.15, -0.1) is 0 Å². The molecule has 1 atom stereocenters. The molecule has 0 aliphatic carbocycles. The van der Waals surface area contributed by atoms with Crippen LogP contribution < -0.4 is 0 Å².